The molecule has 0 radical (unpaired) electrons. The first-order valence-corrected chi connectivity index (χ1v) is 9.20. The number of nitrogens with one attached hydrogen (secondary N) is 2. The summed E-state index contributed by atoms with van der Waals surface area (Å²) in [6.07, 6.45) is 6.00. The molecule has 1 heterocycles. The molecule has 1 aliphatic rings. The van der Waals surface area contributed by atoms with Gasteiger partial charge in [-0.3, -0.25) is 9.59 Å². The zero-order valence-electron chi connectivity index (χ0n) is 15.0. The zero-order valence-corrected chi connectivity index (χ0v) is 15.0. The van der Waals surface area contributed by atoms with Gasteiger partial charge in [-0.15, -0.1) is 0 Å². The summed E-state index contributed by atoms with van der Waals surface area (Å²) in [6, 6.07) is 11.2. The van der Waals surface area contributed by atoms with Crippen LogP contribution in [0.4, 0.5) is 5.69 Å². The summed E-state index contributed by atoms with van der Waals surface area (Å²) in [7, 11) is 0. The predicted molar refractivity (Wildman–Crippen MR) is 98.7 cm³/mol. The minimum absolute atomic E-state index is 0.0525. The number of rotatable bonds is 7. The molecular formula is C20H26N3O3+. The van der Waals surface area contributed by atoms with Crippen LogP contribution in [0.15, 0.2) is 47.1 Å². The van der Waals surface area contributed by atoms with E-state index >= 15 is 0 Å². The summed E-state index contributed by atoms with van der Waals surface area (Å²) in [5.41, 5.74) is 1.05. The van der Waals surface area contributed by atoms with Gasteiger partial charge < -0.3 is 20.4 Å². The van der Waals surface area contributed by atoms with Crippen LogP contribution in [0.25, 0.3) is 0 Å². The normalized spacial score (nSPS) is 15.6. The highest BCUT2D eigenvalue weighted by atomic mass is 16.3. The summed E-state index contributed by atoms with van der Waals surface area (Å²) < 4.78 is 5.34. The molecule has 1 saturated carbocycles. The lowest BCUT2D eigenvalue weighted by Crippen LogP contribution is -2.86. The third-order valence-electron chi connectivity index (χ3n) is 4.78. The van der Waals surface area contributed by atoms with Gasteiger partial charge in [0.15, 0.2) is 12.3 Å². The maximum absolute atomic E-state index is 12.5. The largest absolute Gasteiger partial charge is 0.463 e. The van der Waals surface area contributed by atoms with Crippen molar-refractivity contribution in [2.45, 2.75) is 44.7 Å². The Morgan fingerprint density at radius 2 is 1.96 bits per heavy atom. The van der Waals surface area contributed by atoms with Crippen molar-refractivity contribution in [3.63, 3.8) is 0 Å². The maximum Gasteiger partial charge on any atom is 0.279 e. The third kappa shape index (κ3) is 4.73. The standard InChI is InChI=1S/C20H25N3O3/c1-14(18-11-6-12-26-18)21-13-19(24)23-17-10-5-4-9-16(17)20(25)22-15-7-2-3-8-15/h4-6,9-12,14-15,21H,2-3,7-8,13H2,1H3,(H,22,25)(H,23,24)/p+1/t14-/m1/s1. The molecule has 1 aromatic heterocycles. The van der Waals surface area contributed by atoms with Gasteiger partial charge in [-0.1, -0.05) is 25.0 Å². The number of nitrogens with two attached hydrogens (primary N) is 1. The molecule has 2 aromatic rings. The van der Waals surface area contributed by atoms with Crippen LogP contribution < -0.4 is 16.0 Å². The van der Waals surface area contributed by atoms with Gasteiger partial charge in [0.25, 0.3) is 11.8 Å². The summed E-state index contributed by atoms with van der Waals surface area (Å²) >= 11 is 0. The molecule has 138 valence electrons. The van der Waals surface area contributed by atoms with Crippen LogP contribution in [0.1, 0.15) is 54.8 Å². The molecule has 0 bridgehead atoms. The van der Waals surface area contributed by atoms with Crippen molar-refractivity contribution in [3.8, 4) is 0 Å². The molecule has 6 nitrogen and oxygen atoms in total. The van der Waals surface area contributed by atoms with Crippen LogP contribution in [0.5, 0.6) is 0 Å². The fraction of sp³-hybridized carbons (Fsp3) is 0.400. The highest BCUT2D eigenvalue weighted by molar-refractivity contribution is 6.04. The average molecular weight is 356 g/mol. The Kier molecular flexibility index (Phi) is 6.07. The first kappa shape index (κ1) is 18.2. The van der Waals surface area contributed by atoms with E-state index in [4.69, 9.17) is 4.42 Å². The molecule has 3 rings (SSSR count). The van der Waals surface area contributed by atoms with Crippen molar-refractivity contribution < 1.29 is 19.3 Å². The van der Waals surface area contributed by atoms with Crippen molar-refractivity contribution in [1.29, 1.82) is 0 Å². The molecule has 0 saturated heterocycles. The average Bonchev–Trinajstić information content (AvgIpc) is 3.34. The zero-order chi connectivity index (χ0) is 18.4. The van der Waals surface area contributed by atoms with Crippen molar-refractivity contribution in [3.05, 3.63) is 54.0 Å². The maximum atomic E-state index is 12.5. The smallest absolute Gasteiger partial charge is 0.279 e. The van der Waals surface area contributed by atoms with Crippen LogP contribution in [0.3, 0.4) is 0 Å². The molecule has 1 fully saturated rings. The SMILES string of the molecule is C[C@@H]([NH2+]CC(=O)Nc1ccccc1C(=O)NC1CCCC1)c1ccco1. The number of anilines is 1. The highest BCUT2D eigenvalue weighted by Gasteiger charge is 2.20. The summed E-state index contributed by atoms with van der Waals surface area (Å²) in [5.74, 6) is 0.555. The van der Waals surface area contributed by atoms with Gasteiger partial charge in [0.1, 0.15) is 6.04 Å². The van der Waals surface area contributed by atoms with Gasteiger partial charge in [0, 0.05) is 6.04 Å². The first-order chi connectivity index (χ1) is 12.6. The highest BCUT2D eigenvalue weighted by Crippen LogP contribution is 2.20. The molecule has 1 aromatic carbocycles. The van der Waals surface area contributed by atoms with E-state index in [0.717, 1.165) is 31.4 Å². The van der Waals surface area contributed by atoms with Crippen molar-refractivity contribution >= 4 is 17.5 Å². The second kappa shape index (κ2) is 8.67. The number of hydrogen-bond acceptors (Lipinski definition) is 3. The minimum Gasteiger partial charge on any atom is -0.463 e. The number of benzene rings is 1. The van der Waals surface area contributed by atoms with E-state index in [0.29, 0.717) is 11.3 Å². The molecule has 1 atom stereocenters. The monoisotopic (exact) mass is 356 g/mol. The van der Waals surface area contributed by atoms with Crippen LogP contribution in [0.2, 0.25) is 0 Å². The van der Waals surface area contributed by atoms with Crippen molar-refractivity contribution in [2.75, 3.05) is 11.9 Å². The minimum atomic E-state index is -0.149. The molecule has 0 aliphatic heterocycles. The molecule has 2 amide bonds. The Bertz CT molecular complexity index is 737. The third-order valence-corrected chi connectivity index (χ3v) is 4.78. The van der Waals surface area contributed by atoms with Crippen LogP contribution in [-0.4, -0.2) is 24.4 Å². The van der Waals surface area contributed by atoms with Gasteiger partial charge >= 0.3 is 0 Å². The van der Waals surface area contributed by atoms with Crippen LogP contribution in [-0.2, 0) is 4.79 Å². The van der Waals surface area contributed by atoms with E-state index in [1.165, 1.54) is 0 Å². The quantitative estimate of drug-likeness (QED) is 0.711. The van der Waals surface area contributed by atoms with E-state index in [2.05, 4.69) is 10.6 Å². The van der Waals surface area contributed by atoms with Crippen molar-refractivity contribution in [1.82, 2.24) is 5.32 Å². The topological polar surface area (TPSA) is 88.0 Å². The second-order valence-electron chi connectivity index (χ2n) is 6.79. The molecule has 0 unspecified atom stereocenters. The number of hydrogen-bond donors (Lipinski definition) is 3. The Hall–Kier alpha value is -2.60. The number of carbonyl (C=O) groups is 2. The van der Waals surface area contributed by atoms with Crippen LogP contribution in [0, 0.1) is 0 Å². The van der Waals surface area contributed by atoms with E-state index < -0.39 is 0 Å². The number of amides is 2. The number of para-hydroxylation sites is 1. The predicted octanol–water partition coefficient (Wildman–Crippen LogP) is 2.22. The Morgan fingerprint density at radius 3 is 2.69 bits per heavy atom. The molecule has 6 heteroatoms. The molecular weight excluding hydrogens is 330 g/mol. The van der Waals surface area contributed by atoms with Gasteiger partial charge in [0.05, 0.1) is 17.5 Å². The Balaban J connectivity index is 1.56. The number of carbonyl (C=O) groups excluding carboxylic acids is 2. The molecule has 0 spiro atoms. The fourth-order valence-electron chi connectivity index (χ4n) is 3.27. The summed E-state index contributed by atoms with van der Waals surface area (Å²) in [6.45, 7) is 2.23. The summed E-state index contributed by atoms with van der Waals surface area (Å²) in [4.78, 5) is 24.8. The number of quaternary nitrogens is 1. The number of furan rings is 1. The van der Waals surface area contributed by atoms with Gasteiger partial charge in [-0.25, -0.2) is 0 Å². The Morgan fingerprint density at radius 1 is 1.19 bits per heavy atom. The van der Waals surface area contributed by atoms with E-state index in [-0.39, 0.29) is 30.4 Å². The lowest BCUT2D eigenvalue weighted by atomic mass is 10.1. The fourth-order valence-corrected chi connectivity index (χ4v) is 3.27. The Labute approximate surface area is 153 Å². The molecule has 4 N–H and O–H groups in total. The van der Waals surface area contributed by atoms with Gasteiger partial charge in [0.2, 0.25) is 0 Å². The van der Waals surface area contributed by atoms with E-state index in [9.17, 15) is 9.59 Å². The van der Waals surface area contributed by atoms with Gasteiger partial charge in [-0.05, 0) is 44.0 Å². The lowest BCUT2D eigenvalue weighted by molar-refractivity contribution is -0.684. The van der Waals surface area contributed by atoms with E-state index in [1.807, 2.05) is 36.5 Å². The second-order valence-corrected chi connectivity index (χ2v) is 6.79. The molecule has 1 aliphatic carbocycles. The van der Waals surface area contributed by atoms with Crippen molar-refractivity contribution in [2.24, 2.45) is 0 Å². The summed E-state index contributed by atoms with van der Waals surface area (Å²) in [5, 5.41) is 7.82. The van der Waals surface area contributed by atoms with Gasteiger partial charge in [-0.2, -0.15) is 0 Å². The lowest BCUT2D eigenvalue weighted by Gasteiger charge is -2.15. The van der Waals surface area contributed by atoms with E-state index in [1.54, 1.807) is 18.4 Å². The van der Waals surface area contributed by atoms with Crippen LogP contribution >= 0.6 is 0 Å². The first-order valence-electron chi connectivity index (χ1n) is 9.20. The molecule has 26 heavy (non-hydrogen) atoms.